The Labute approximate surface area is 160 Å². The van der Waals surface area contributed by atoms with Gasteiger partial charge in [-0.1, -0.05) is 72.8 Å². The molecule has 0 spiro atoms. The van der Waals surface area contributed by atoms with Crippen LogP contribution < -0.4 is 4.90 Å². The molecule has 1 saturated heterocycles. The Morgan fingerprint density at radius 3 is 1.96 bits per heavy atom. The summed E-state index contributed by atoms with van der Waals surface area (Å²) < 4.78 is 0. The number of benzene rings is 3. The zero-order valence-electron chi connectivity index (χ0n) is 15.7. The topological polar surface area (TPSA) is 18.6 Å². The Kier molecular flexibility index (Phi) is 3.83. The van der Waals surface area contributed by atoms with E-state index in [9.17, 15) is 0 Å². The summed E-state index contributed by atoms with van der Waals surface area (Å²) in [7, 11) is 4.14. The van der Waals surface area contributed by atoms with E-state index in [-0.39, 0.29) is 6.17 Å². The normalized spacial score (nSPS) is 25.6. The van der Waals surface area contributed by atoms with Crippen molar-refractivity contribution in [1.29, 1.82) is 0 Å². The van der Waals surface area contributed by atoms with E-state index >= 15 is 0 Å². The Balaban J connectivity index is 1.53. The molecule has 0 amide bonds. The van der Waals surface area contributed by atoms with E-state index in [1.165, 1.54) is 28.1 Å². The lowest BCUT2D eigenvalue weighted by atomic mass is 10.0. The first kappa shape index (κ1) is 16.3. The first-order valence-corrected chi connectivity index (χ1v) is 9.47. The van der Waals surface area contributed by atoms with Gasteiger partial charge in [-0.2, -0.15) is 0 Å². The predicted molar refractivity (Wildman–Crippen MR) is 111 cm³/mol. The van der Waals surface area contributed by atoms with Crippen molar-refractivity contribution in [2.75, 3.05) is 19.0 Å². The summed E-state index contributed by atoms with van der Waals surface area (Å²) in [6.07, 6.45) is 0.0895. The van der Waals surface area contributed by atoms with E-state index in [1.807, 2.05) is 0 Å². The molecule has 0 N–H and O–H groups in total. The van der Waals surface area contributed by atoms with E-state index in [1.54, 1.807) is 0 Å². The molecule has 4 atom stereocenters. The Hall–Kier alpha value is -2.91. The van der Waals surface area contributed by atoms with Gasteiger partial charge in [0, 0.05) is 19.8 Å². The van der Waals surface area contributed by atoms with Gasteiger partial charge in [-0.15, -0.1) is 0 Å². The Morgan fingerprint density at radius 1 is 0.704 bits per heavy atom. The van der Waals surface area contributed by atoms with Crippen molar-refractivity contribution in [3.8, 4) is 0 Å². The zero-order chi connectivity index (χ0) is 18.4. The molecule has 0 aromatic heterocycles. The first-order valence-electron chi connectivity index (χ1n) is 9.47. The molecular formula is C24H23N3. The van der Waals surface area contributed by atoms with Gasteiger partial charge in [0.2, 0.25) is 0 Å². The molecule has 2 aliphatic heterocycles. The molecule has 1 unspecified atom stereocenters. The maximum Gasteiger partial charge on any atom is 0.129 e. The van der Waals surface area contributed by atoms with E-state index < -0.39 is 0 Å². The van der Waals surface area contributed by atoms with Crippen LogP contribution in [0.3, 0.4) is 0 Å². The molecule has 0 saturated carbocycles. The van der Waals surface area contributed by atoms with Gasteiger partial charge in [-0.3, -0.25) is 9.89 Å². The van der Waals surface area contributed by atoms with Crippen LogP contribution in [-0.2, 0) is 0 Å². The standard InChI is InChI=1S/C24H23N3/c1-26(2)20-15-13-19(14-16-20)24-25-21(17-9-5-3-6-10-17)23-22(27(23)24)18-11-7-4-8-12-18/h3-16,22-24H,1-2H3/t22-,23-,24-,27?/m1/s1. The fourth-order valence-electron chi connectivity index (χ4n) is 4.17. The molecule has 2 aliphatic rings. The van der Waals surface area contributed by atoms with E-state index in [0.717, 1.165) is 0 Å². The fraction of sp³-hybridized carbons (Fsp3) is 0.208. The number of hydrogen-bond donors (Lipinski definition) is 0. The molecule has 5 rings (SSSR count). The fourth-order valence-corrected chi connectivity index (χ4v) is 4.17. The second-order valence-electron chi connectivity index (χ2n) is 7.49. The summed E-state index contributed by atoms with van der Waals surface area (Å²) in [4.78, 5) is 9.80. The second kappa shape index (κ2) is 6.36. The van der Waals surface area contributed by atoms with Crippen LogP contribution in [0.15, 0.2) is 89.9 Å². The summed E-state index contributed by atoms with van der Waals surface area (Å²) in [5.74, 6) is 0. The van der Waals surface area contributed by atoms with Crippen molar-refractivity contribution >= 4 is 11.4 Å². The number of anilines is 1. The number of hydrogen-bond acceptors (Lipinski definition) is 3. The van der Waals surface area contributed by atoms with E-state index in [4.69, 9.17) is 4.99 Å². The quantitative estimate of drug-likeness (QED) is 0.634. The summed E-state index contributed by atoms with van der Waals surface area (Å²) in [6.45, 7) is 0. The number of fused-ring (bicyclic) bond motifs is 1. The molecule has 134 valence electrons. The molecular weight excluding hydrogens is 330 g/mol. The minimum Gasteiger partial charge on any atom is -0.378 e. The van der Waals surface area contributed by atoms with Gasteiger partial charge in [0.1, 0.15) is 6.17 Å². The minimum atomic E-state index is 0.0895. The van der Waals surface area contributed by atoms with Crippen LogP contribution in [0.2, 0.25) is 0 Å². The van der Waals surface area contributed by atoms with Crippen molar-refractivity contribution in [2.45, 2.75) is 18.2 Å². The highest BCUT2D eigenvalue weighted by atomic mass is 15.5. The first-order chi connectivity index (χ1) is 13.2. The van der Waals surface area contributed by atoms with Crippen LogP contribution in [0.25, 0.3) is 0 Å². The largest absolute Gasteiger partial charge is 0.378 e. The average molecular weight is 353 g/mol. The third-order valence-corrected chi connectivity index (χ3v) is 5.59. The molecule has 3 nitrogen and oxygen atoms in total. The number of nitrogens with zero attached hydrogens (tertiary/aromatic N) is 3. The van der Waals surface area contributed by atoms with Gasteiger partial charge >= 0.3 is 0 Å². The highest BCUT2D eigenvalue weighted by Gasteiger charge is 2.59. The van der Waals surface area contributed by atoms with Crippen LogP contribution in [0, 0.1) is 0 Å². The Morgan fingerprint density at radius 2 is 1.33 bits per heavy atom. The SMILES string of the molecule is CN(C)c1ccc([C@@H]2N=C(c3ccccc3)[C@@H]3[C@@H](c4ccccc4)N32)cc1. The van der Waals surface area contributed by atoms with Crippen LogP contribution >= 0.6 is 0 Å². The minimum absolute atomic E-state index is 0.0895. The third-order valence-electron chi connectivity index (χ3n) is 5.59. The molecule has 27 heavy (non-hydrogen) atoms. The monoisotopic (exact) mass is 353 g/mol. The maximum atomic E-state index is 5.14. The van der Waals surface area contributed by atoms with Gasteiger partial charge in [0.05, 0.1) is 17.8 Å². The van der Waals surface area contributed by atoms with Crippen molar-refractivity contribution in [1.82, 2.24) is 4.90 Å². The van der Waals surface area contributed by atoms with Crippen LogP contribution in [0.4, 0.5) is 5.69 Å². The molecule has 0 bridgehead atoms. The Bertz CT molecular complexity index is 962. The van der Waals surface area contributed by atoms with Crippen LogP contribution in [0.5, 0.6) is 0 Å². The molecule has 1 fully saturated rings. The molecule has 2 heterocycles. The van der Waals surface area contributed by atoms with Crippen LogP contribution in [-0.4, -0.2) is 30.7 Å². The number of aliphatic imine (C=N–C) groups is 1. The number of rotatable bonds is 4. The average Bonchev–Trinajstić information content (AvgIpc) is 3.33. The summed E-state index contributed by atoms with van der Waals surface area (Å²) >= 11 is 0. The van der Waals surface area contributed by atoms with Crippen molar-refractivity contribution < 1.29 is 0 Å². The van der Waals surface area contributed by atoms with Crippen molar-refractivity contribution in [3.63, 3.8) is 0 Å². The van der Waals surface area contributed by atoms with E-state index in [2.05, 4.69) is 109 Å². The van der Waals surface area contributed by atoms with Crippen LogP contribution in [0.1, 0.15) is 28.9 Å². The molecule has 3 aromatic rings. The zero-order valence-corrected chi connectivity index (χ0v) is 15.7. The third kappa shape index (κ3) is 2.75. The lowest BCUT2D eigenvalue weighted by Crippen LogP contribution is -2.10. The lowest BCUT2D eigenvalue weighted by Gasteiger charge is -2.17. The van der Waals surface area contributed by atoms with Gasteiger partial charge in [0.25, 0.3) is 0 Å². The second-order valence-corrected chi connectivity index (χ2v) is 7.49. The molecule has 0 radical (unpaired) electrons. The van der Waals surface area contributed by atoms with Gasteiger partial charge in [0.15, 0.2) is 0 Å². The van der Waals surface area contributed by atoms with Gasteiger partial charge < -0.3 is 4.90 Å². The molecule has 3 heteroatoms. The van der Waals surface area contributed by atoms with Gasteiger partial charge in [-0.05, 0) is 28.8 Å². The van der Waals surface area contributed by atoms with Crippen molar-refractivity contribution in [3.05, 3.63) is 102 Å². The predicted octanol–water partition coefficient (Wildman–Crippen LogP) is 4.68. The maximum absolute atomic E-state index is 5.14. The lowest BCUT2D eigenvalue weighted by molar-refractivity contribution is 0.404. The van der Waals surface area contributed by atoms with E-state index in [0.29, 0.717) is 12.1 Å². The highest BCUT2D eigenvalue weighted by molar-refractivity contribution is 6.08. The summed E-state index contributed by atoms with van der Waals surface area (Å²) in [6, 6.07) is 31.0. The van der Waals surface area contributed by atoms with Gasteiger partial charge in [-0.25, -0.2) is 0 Å². The highest BCUT2D eigenvalue weighted by Crippen LogP contribution is 2.55. The molecule has 3 aromatic carbocycles. The van der Waals surface area contributed by atoms with Crippen molar-refractivity contribution in [2.24, 2.45) is 4.99 Å². The molecule has 0 aliphatic carbocycles. The summed E-state index contributed by atoms with van der Waals surface area (Å²) in [5, 5.41) is 0. The smallest absolute Gasteiger partial charge is 0.129 e. The summed E-state index contributed by atoms with van der Waals surface area (Å²) in [5.41, 5.74) is 6.30.